The fraction of sp³-hybridized carbons (Fsp3) is 0.600. The highest BCUT2D eigenvalue weighted by molar-refractivity contribution is 7.89. The van der Waals surface area contributed by atoms with Crippen molar-refractivity contribution in [3.63, 3.8) is 0 Å². The quantitative estimate of drug-likeness (QED) is 0.834. The molecule has 0 amide bonds. The van der Waals surface area contributed by atoms with Gasteiger partial charge in [-0.25, -0.2) is 8.42 Å². The Kier molecular flexibility index (Phi) is 4.18. The number of rotatable bonds is 2. The molecule has 3 nitrogen and oxygen atoms in total. The molecular weight excluding hydrogens is 258 g/mol. The molecule has 0 heterocycles. The third-order valence-corrected chi connectivity index (χ3v) is 5.46. The molecule has 0 radical (unpaired) electrons. The van der Waals surface area contributed by atoms with E-state index in [-0.39, 0.29) is 5.41 Å². The molecule has 0 aliphatic heterocycles. The Morgan fingerprint density at radius 1 is 0.895 bits per heavy atom. The molecule has 19 heavy (non-hydrogen) atoms. The summed E-state index contributed by atoms with van der Waals surface area (Å²) in [7, 11) is -1.81. The van der Waals surface area contributed by atoms with Crippen molar-refractivity contribution in [3.05, 3.63) is 29.8 Å². The fourth-order valence-electron chi connectivity index (χ4n) is 1.65. The van der Waals surface area contributed by atoms with Crippen LogP contribution >= 0.6 is 0 Å². The summed E-state index contributed by atoms with van der Waals surface area (Å²) in [5.41, 5.74) is 0.726. The second-order valence-corrected chi connectivity index (χ2v) is 8.89. The van der Waals surface area contributed by atoms with E-state index in [4.69, 9.17) is 0 Å². The van der Waals surface area contributed by atoms with E-state index in [0.717, 1.165) is 5.56 Å². The van der Waals surface area contributed by atoms with E-state index in [2.05, 4.69) is 20.8 Å². The van der Waals surface area contributed by atoms with Crippen LogP contribution in [0.4, 0.5) is 0 Å². The van der Waals surface area contributed by atoms with Crippen molar-refractivity contribution in [1.82, 2.24) is 4.31 Å². The van der Waals surface area contributed by atoms with Crippen molar-refractivity contribution in [2.45, 2.75) is 57.4 Å². The third kappa shape index (κ3) is 3.57. The molecule has 0 aliphatic carbocycles. The van der Waals surface area contributed by atoms with Crippen LogP contribution in [-0.4, -0.2) is 25.3 Å². The van der Waals surface area contributed by atoms with Gasteiger partial charge in [-0.2, -0.15) is 4.31 Å². The Labute approximate surface area is 117 Å². The summed E-state index contributed by atoms with van der Waals surface area (Å²) in [5.74, 6) is 0. The van der Waals surface area contributed by atoms with Crippen LogP contribution in [0.15, 0.2) is 29.2 Å². The highest BCUT2D eigenvalue weighted by Gasteiger charge is 2.30. The van der Waals surface area contributed by atoms with Crippen molar-refractivity contribution in [1.29, 1.82) is 0 Å². The molecule has 0 N–H and O–H groups in total. The minimum atomic E-state index is -3.43. The van der Waals surface area contributed by atoms with Gasteiger partial charge < -0.3 is 0 Å². The topological polar surface area (TPSA) is 37.4 Å². The smallest absolute Gasteiger partial charge is 0.207 e. The molecular formula is C15H25NO2S. The summed E-state index contributed by atoms with van der Waals surface area (Å²) in [6.45, 7) is 12.0. The summed E-state index contributed by atoms with van der Waals surface area (Å²) in [6.07, 6.45) is 0. The molecule has 4 heteroatoms. The summed E-state index contributed by atoms with van der Waals surface area (Å²) in [5, 5.41) is 0. The second kappa shape index (κ2) is 4.91. The number of hydrogen-bond donors (Lipinski definition) is 0. The number of nitrogens with zero attached hydrogens (tertiary/aromatic N) is 1. The Morgan fingerprint density at radius 2 is 1.32 bits per heavy atom. The highest BCUT2D eigenvalue weighted by atomic mass is 32.2. The summed E-state index contributed by atoms with van der Waals surface area (Å²) in [4.78, 5) is 0.345. The number of sulfonamides is 1. The van der Waals surface area contributed by atoms with Crippen LogP contribution in [-0.2, 0) is 15.4 Å². The molecule has 0 saturated carbocycles. The summed E-state index contributed by atoms with van der Waals surface area (Å²) < 4.78 is 26.3. The maximum atomic E-state index is 12.5. The SMILES string of the molecule is CN(C(C)(C)C)S(=O)(=O)c1ccc(C(C)(C)C)cc1. The van der Waals surface area contributed by atoms with Crippen LogP contribution in [0.5, 0.6) is 0 Å². The molecule has 0 spiro atoms. The molecule has 1 aromatic carbocycles. The van der Waals surface area contributed by atoms with Crippen molar-refractivity contribution < 1.29 is 8.42 Å². The van der Waals surface area contributed by atoms with E-state index in [0.29, 0.717) is 4.90 Å². The average Bonchev–Trinajstić information content (AvgIpc) is 2.25. The zero-order valence-corrected chi connectivity index (χ0v) is 13.8. The minimum Gasteiger partial charge on any atom is -0.207 e. The van der Waals surface area contributed by atoms with Crippen LogP contribution in [0.25, 0.3) is 0 Å². The predicted octanol–water partition coefficient (Wildman–Crippen LogP) is 3.40. The largest absolute Gasteiger partial charge is 0.243 e. The first-order chi connectivity index (χ1) is 8.37. The Balaban J connectivity index is 3.18. The molecule has 0 atom stereocenters. The normalized spacial score (nSPS) is 13.9. The lowest BCUT2D eigenvalue weighted by Crippen LogP contribution is -2.42. The Hall–Kier alpha value is -0.870. The van der Waals surface area contributed by atoms with Gasteiger partial charge in [0.2, 0.25) is 10.0 Å². The monoisotopic (exact) mass is 283 g/mol. The van der Waals surface area contributed by atoms with Crippen molar-refractivity contribution in [2.24, 2.45) is 0 Å². The molecule has 0 fully saturated rings. The van der Waals surface area contributed by atoms with Crippen molar-refractivity contribution >= 4 is 10.0 Å². The molecule has 0 aromatic heterocycles. The number of benzene rings is 1. The lowest BCUT2D eigenvalue weighted by Gasteiger charge is -2.31. The molecule has 1 aromatic rings. The van der Waals surface area contributed by atoms with E-state index in [9.17, 15) is 8.42 Å². The second-order valence-electron chi connectivity index (χ2n) is 6.92. The van der Waals surface area contributed by atoms with Gasteiger partial charge in [0.25, 0.3) is 0 Å². The van der Waals surface area contributed by atoms with E-state index >= 15 is 0 Å². The summed E-state index contributed by atoms with van der Waals surface area (Å²) >= 11 is 0. The van der Waals surface area contributed by atoms with Crippen LogP contribution in [0.2, 0.25) is 0 Å². The predicted molar refractivity (Wildman–Crippen MR) is 79.8 cm³/mol. The maximum absolute atomic E-state index is 12.5. The molecule has 108 valence electrons. The first-order valence-electron chi connectivity index (χ1n) is 6.46. The van der Waals surface area contributed by atoms with E-state index in [1.54, 1.807) is 19.2 Å². The highest BCUT2D eigenvalue weighted by Crippen LogP contribution is 2.26. The van der Waals surface area contributed by atoms with Gasteiger partial charge in [0.15, 0.2) is 0 Å². The zero-order valence-electron chi connectivity index (χ0n) is 13.0. The van der Waals surface area contributed by atoms with E-state index < -0.39 is 15.6 Å². The molecule has 0 aliphatic rings. The standard InChI is InChI=1S/C15H25NO2S/c1-14(2,3)12-8-10-13(11-9-12)19(17,18)16(7)15(4,5)6/h8-11H,1-7H3. The van der Waals surface area contributed by atoms with Gasteiger partial charge >= 0.3 is 0 Å². The van der Waals surface area contributed by atoms with Gasteiger partial charge in [-0.15, -0.1) is 0 Å². The first-order valence-corrected chi connectivity index (χ1v) is 7.90. The van der Waals surface area contributed by atoms with Gasteiger partial charge in [-0.05, 0) is 43.9 Å². The van der Waals surface area contributed by atoms with Crippen molar-refractivity contribution in [2.75, 3.05) is 7.05 Å². The molecule has 1 rings (SSSR count). The zero-order chi connectivity index (χ0) is 15.1. The molecule has 0 unspecified atom stereocenters. The van der Waals surface area contributed by atoms with Crippen LogP contribution in [0.1, 0.15) is 47.1 Å². The van der Waals surface area contributed by atoms with Gasteiger partial charge in [0, 0.05) is 12.6 Å². The molecule has 0 saturated heterocycles. The fourth-order valence-corrected chi connectivity index (χ4v) is 3.16. The lowest BCUT2D eigenvalue weighted by molar-refractivity contribution is 0.292. The minimum absolute atomic E-state index is 0.0260. The van der Waals surface area contributed by atoms with Crippen LogP contribution in [0.3, 0.4) is 0 Å². The average molecular weight is 283 g/mol. The number of hydrogen-bond acceptors (Lipinski definition) is 2. The van der Waals surface area contributed by atoms with E-state index in [1.165, 1.54) is 4.31 Å². The lowest BCUT2D eigenvalue weighted by atomic mass is 9.87. The Bertz CT molecular complexity index is 531. The van der Waals surface area contributed by atoms with Gasteiger partial charge in [0.1, 0.15) is 0 Å². The van der Waals surface area contributed by atoms with Crippen molar-refractivity contribution in [3.8, 4) is 0 Å². The summed E-state index contributed by atoms with van der Waals surface area (Å²) in [6, 6.07) is 7.17. The molecule has 0 bridgehead atoms. The first kappa shape index (κ1) is 16.2. The maximum Gasteiger partial charge on any atom is 0.243 e. The third-order valence-electron chi connectivity index (χ3n) is 3.32. The van der Waals surface area contributed by atoms with Crippen LogP contribution in [0, 0.1) is 0 Å². The van der Waals surface area contributed by atoms with Crippen LogP contribution < -0.4 is 0 Å². The van der Waals surface area contributed by atoms with Gasteiger partial charge in [-0.3, -0.25) is 0 Å². The van der Waals surface area contributed by atoms with Gasteiger partial charge in [0.05, 0.1) is 4.90 Å². The van der Waals surface area contributed by atoms with Gasteiger partial charge in [-0.1, -0.05) is 32.9 Å². The Morgan fingerprint density at radius 3 is 1.63 bits per heavy atom. The van der Waals surface area contributed by atoms with E-state index in [1.807, 2.05) is 32.9 Å².